The minimum atomic E-state index is -4.19. The van der Waals surface area contributed by atoms with Crippen LogP contribution >= 0.6 is 0 Å². The van der Waals surface area contributed by atoms with Crippen LogP contribution in [0, 0.1) is 12.7 Å². The Kier molecular flexibility index (Phi) is 4.63. The smallest absolute Gasteiger partial charge is 0.339 e. The molecule has 0 saturated carbocycles. The molecule has 0 aliphatic heterocycles. The summed E-state index contributed by atoms with van der Waals surface area (Å²) >= 11 is 0. The Morgan fingerprint density at radius 3 is 2.13 bits per heavy atom. The summed E-state index contributed by atoms with van der Waals surface area (Å²) in [7, 11) is -4.19. The summed E-state index contributed by atoms with van der Waals surface area (Å²) in [6.07, 6.45) is 0.697. The number of para-hydroxylation sites is 1. The third kappa shape index (κ3) is 3.41. The van der Waals surface area contributed by atoms with Gasteiger partial charge < -0.3 is 4.18 Å². The Hall–Kier alpha value is -3.44. The molecule has 0 saturated heterocycles. The number of aryl methyl sites for hydroxylation is 1. The summed E-state index contributed by atoms with van der Waals surface area (Å²) in [5.41, 5.74) is 6.55. The van der Waals surface area contributed by atoms with Crippen LogP contribution < -0.4 is 4.18 Å². The van der Waals surface area contributed by atoms with Gasteiger partial charge in [0.25, 0.3) is 0 Å². The molecule has 4 aromatic rings. The third-order valence-corrected chi connectivity index (χ3v) is 6.85. The van der Waals surface area contributed by atoms with Crippen molar-refractivity contribution in [3.63, 3.8) is 0 Å². The highest BCUT2D eigenvalue weighted by molar-refractivity contribution is 7.87. The van der Waals surface area contributed by atoms with Crippen LogP contribution in [0.1, 0.15) is 16.7 Å². The second-order valence-corrected chi connectivity index (χ2v) is 9.18. The van der Waals surface area contributed by atoms with Gasteiger partial charge in [-0.3, -0.25) is 0 Å². The van der Waals surface area contributed by atoms with Crippen LogP contribution in [0.2, 0.25) is 0 Å². The van der Waals surface area contributed by atoms with Crippen molar-refractivity contribution in [2.24, 2.45) is 0 Å². The van der Waals surface area contributed by atoms with Crippen LogP contribution in [0.4, 0.5) is 4.39 Å². The van der Waals surface area contributed by atoms with E-state index >= 15 is 0 Å². The van der Waals surface area contributed by atoms with Gasteiger partial charge in [-0.05, 0) is 59.4 Å². The molecular weight excluding hydrogens is 411 g/mol. The highest BCUT2D eigenvalue weighted by Crippen LogP contribution is 2.44. The van der Waals surface area contributed by atoms with Gasteiger partial charge in [-0.1, -0.05) is 72.3 Å². The van der Waals surface area contributed by atoms with Crippen molar-refractivity contribution in [2.45, 2.75) is 18.2 Å². The van der Waals surface area contributed by atoms with Gasteiger partial charge in [-0.25, -0.2) is 4.39 Å². The summed E-state index contributed by atoms with van der Waals surface area (Å²) in [6, 6.07) is 24.7. The first-order chi connectivity index (χ1) is 14.9. The molecule has 5 rings (SSSR count). The molecule has 3 nitrogen and oxygen atoms in total. The van der Waals surface area contributed by atoms with E-state index in [9.17, 15) is 12.8 Å². The van der Waals surface area contributed by atoms with E-state index in [1.54, 1.807) is 24.3 Å². The van der Waals surface area contributed by atoms with E-state index in [0.717, 1.165) is 27.8 Å². The van der Waals surface area contributed by atoms with E-state index in [0.29, 0.717) is 12.0 Å². The fraction of sp³-hybridized carbons (Fsp3) is 0.0769. The Morgan fingerprint density at radius 1 is 0.742 bits per heavy atom. The minimum absolute atomic E-state index is 0.0157. The molecule has 31 heavy (non-hydrogen) atoms. The molecule has 1 aliphatic carbocycles. The summed E-state index contributed by atoms with van der Waals surface area (Å²) in [4.78, 5) is -0.0157. The number of hydrogen-bond acceptors (Lipinski definition) is 3. The lowest BCUT2D eigenvalue weighted by molar-refractivity contribution is 0.462. The van der Waals surface area contributed by atoms with Crippen molar-refractivity contribution in [1.82, 2.24) is 0 Å². The molecule has 0 radical (unpaired) electrons. The lowest BCUT2D eigenvalue weighted by Crippen LogP contribution is -2.11. The van der Waals surface area contributed by atoms with E-state index in [2.05, 4.69) is 12.1 Å². The molecule has 0 N–H and O–H groups in total. The molecule has 5 heteroatoms. The summed E-state index contributed by atoms with van der Waals surface area (Å²) in [6.45, 7) is 1.86. The number of rotatable bonds is 4. The molecule has 0 heterocycles. The predicted octanol–water partition coefficient (Wildman–Crippen LogP) is 6.14. The van der Waals surface area contributed by atoms with Crippen LogP contribution in [0.15, 0.2) is 89.8 Å². The van der Waals surface area contributed by atoms with Crippen LogP contribution in [0.3, 0.4) is 0 Å². The van der Waals surface area contributed by atoms with Gasteiger partial charge in [-0.15, -0.1) is 0 Å². The van der Waals surface area contributed by atoms with Crippen LogP contribution in [0.5, 0.6) is 5.75 Å². The van der Waals surface area contributed by atoms with Crippen molar-refractivity contribution in [3.05, 3.63) is 107 Å². The summed E-state index contributed by atoms with van der Waals surface area (Å²) < 4.78 is 46.0. The Morgan fingerprint density at radius 2 is 1.35 bits per heavy atom. The van der Waals surface area contributed by atoms with Gasteiger partial charge in [-0.2, -0.15) is 8.42 Å². The van der Waals surface area contributed by atoms with E-state index in [4.69, 9.17) is 4.18 Å². The lowest BCUT2D eigenvalue weighted by atomic mass is 9.95. The number of hydrogen-bond donors (Lipinski definition) is 0. The van der Waals surface area contributed by atoms with Gasteiger partial charge >= 0.3 is 10.1 Å². The van der Waals surface area contributed by atoms with E-state index in [1.165, 1.54) is 23.8 Å². The highest BCUT2D eigenvalue weighted by Gasteiger charge is 2.26. The maximum atomic E-state index is 14.9. The van der Waals surface area contributed by atoms with Gasteiger partial charge in [0.1, 0.15) is 4.90 Å². The van der Waals surface area contributed by atoms with Crippen molar-refractivity contribution >= 4 is 10.1 Å². The van der Waals surface area contributed by atoms with Gasteiger partial charge in [0.15, 0.2) is 11.6 Å². The number of halogens is 1. The normalized spacial score (nSPS) is 12.3. The lowest BCUT2D eigenvalue weighted by Gasteiger charge is -2.15. The first-order valence-corrected chi connectivity index (χ1v) is 11.3. The predicted molar refractivity (Wildman–Crippen MR) is 119 cm³/mol. The Bertz CT molecular complexity index is 1410. The molecular formula is C26H19FO3S. The number of fused-ring (bicyclic) bond motifs is 3. The molecule has 4 aromatic carbocycles. The van der Waals surface area contributed by atoms with Crippen molar-refractivity contribution in [1.29, 1.82) is 0 Å². The van der Waals surface area contributed by atoms with Gasteiger partial charge in [0, 0.05) is 5.56 Å². The molecule has 154 valence electrons. The van der Waals surface area contributed by atoms with Gasteiger partial charge in [0.05, 0.1) is 0 Å². The van der Waals surface area contributed by atoms with Crippen LogP contribution in [-0.4, -0.2) is 8.42 Å². The average molecular weight is 431 g/mol. The van der Waals surface area contributed by atoms with Crippen molar-refractivity contribution in [2.75, 3.05) is 0 Å². The molecule has 0 amide bonds. The topological polar surface area (TPSA) is 43.4 Å². The highest BCUT2D eigenvalue weighted by atomic mass is 32.2. The average Bonchev–Trinajstić information content (AvgIpc) is 3.14. The maximum Gasteiger partial charge on any atom is 0.339 e. The largest absolute Gasteiger partial charge is 0.375 e. The first kappa shape index (κ1) is 19.5. The SMILES string of the molecule is Cc1ccc(S(=O)(=O)Oc2c(F)cccc2-c2cccc3c2Cc2ccccc2-3)cc1. The molecule has 1 aliphatic rings. The molecule has 0 bridgehead atoms. The zero-order valence-corrected chi connectivity index (χ0v) is 17.6. The third-order valence-electron chi connectivity index (χ3n) is 5.61. The molecule has 0 spiro atoms. The zero-order chi connectivity index (χ0) is 21.6. The summed E-state index contributed by atoms with van der Waals surface area (Å²) in [5, 5.41) is 0. The Labute approximate surface area is 180 Å². The fourth-order valence-electron chi connectivity index (χ4n) is 4.08. The Balaban J connectivity index is 1.62. The second kappa shape index (κ2) is 7.36. The van der Waals surface area contributed by atoms with Crippen LogP contribution in [0.25, 0.3) is 22.3 Å². The summed E-state index contributed by atoms with van der Waals surface area (Å²) in [5.74, 6) is -1.01. The molecule has 0 fully saturated rings. The van der Waals surface area contributed by atoms with Crippen molar-refractivity contribution < 1.29 is 17.0 Å². The molecule has 0 unspecified atom stereocenters. The number of benzene rings is 4. The standard InChI is InChI=1S/C26H19FO3S/c1-17-12-14-19(15-13-17)31(28,29)30-26-23(10-5-11-25(26)27)22-9-4-8-21-20-7-3-2-6-18(20)16-24(21)22/h2-15H,16H2,1H3. The van der Waals surface area contributed by atoms with Gasteiger partial charge in [0.2, 0.25) is 0 Å². The molecule has 0 atom stereocenters. The maximum absolute atomic E-state index is 14.9. The van der Waals surface area contributed by atoms with E-state index in [-0.39, 0.29) is 10.6 Å². The zero-order valence-electron chi connectivity index (χ0n) is 16.8. The quantitative estimate of drug-likeness (QED) is 0.322. The monoisotopic (exact) mass is 430 g/mol. The second-order valence-electron chi connectivity index (χ2n) is 7.63. The van der Waals surface area contributed by atoms with E-state index in [1.807, 2.05) is 37.3 Å². The van der Waals surface area contributed by atoms with E-state index < -0.39 is 15.9 Å². The molecule has 0 aromatic heterocycles. The minimum Gasteiger partial charge on any atom is -0.375 e. The fourth-order valence-corrected chi connectivity index (χ4v) is 5.03. The van der Waals surface area contributed by atoms with Crippen LogP contribution in [-0.2, 0) is 16.5 Å². The first-order valence-electron chi connectivity index (χ1n) is 9.94. The van der Waals surface area contributed by atoms with Crippen molar-refractivity contribution in [3.8, 4) is 28.0 Å².